The van der Waals surface area contributed by atoms with E-state index in [0.717, 1.165) is 0 Å². The molecule has 0 aliphatic carbocycles. The van der Waals surface area contributed by atoms with Gasteiger partial charge in [-0.1, -0.05) is 0 Å². The summed E-state index contributed by atoms with van der Waals surface area (Å²) in [6.07, 6.45) is -8.67. The summed E-state index contributed by atoms with van der Waals surface area (Å²) in [5.74, 6) is 0. The molecule has 0 aromatic carbocycles. The SMILES string of the molecule is N#Cc1cc(C(F)(F)F)c(C(F)F)c(=O)[nH]1. The Kier molecular flexibility index (Phi) is 2.98. The van der Waals surface area contributed by atoms with Crippen molar-refractivity contribution in [2.75, 3.05) is 0 Å². The van der Waals surface area contributed by atoms with E-state index in [1.807, 2.05) is 0 Å². The smallest absolute Gasteiger partial charge is 0.313 e. The molecule has 1 heterocycles. The number of rotatable bonds is 1. The second kappa shape index (κ2) is 3.92. The molecule has 0 radical (unpaired) electrons. The van der Waals surface area contributed by atoms with E-state index in [4.69, 9.17) is 5.26 Å². The van der Waals surface area contributed by atoms with Gasteiger partial charge in [-0.2, -0.15) is 18.4 Å². The predicted octanol–water partition coefficient (Wildman–Crippen LogP) is 2.20. The van der Waals surface area contributed by atoms with Crippen molar-refractivity contribution in [1.29, 1.82) is 5.26 Å². The van der Waals surface area contributed by atoms with E-state index in [0.29, 0.717) is 0 Å². The van der Waals surface area contributed by atoms with Crippen LogP contribution >= 0.6 is 0 Å². The van der Waals surface area contributed by atoms with Crippen LogP contribution in [0.1, 0.15) is 23.2 Å². The number of hydrogen-bond donors (Lipinski definition) is 1. The van der Waals surface area contributed by atoms with Crippen molar-refractivity contribution in [2.24, 2.45) is 0 Å². The van der Waals surface area contributed by atoms with Crippen LogP contribution in [0.15, 0.2) is 10.9 Å². The van der Waals surface area contributed by atoms with Crippen LogP contribution in [0.2, 0.25) is 0 Å². The van der Waals surface area contributed by atoms with Crippen LogP contribution in [-0.2, 0) is 6.18 Å². The van der Waals surface area contributed by atoms with Crippen LogP contribution in [0.4, 0.5) is 22.0 Å². The Hall–Kier alpha value is -1.91. The number of alkyl halides is 5. The number of nitrogens with one attached hydrogen (secondary N) is 1. The Morgan fingerprint density at radius 2 is 1.94 bits per heavy atom. The molecule has 0 fully saturated rings. The first-order valence-corrected chi connectivity index (χ1v) is 3.80. The van der Waals surface area contributed by atoms with Gasteiger partial charge in [0.1, 0.15) is 11.8 Å². The Bertz CT molecular complexity index is 497. The fourth-order valence-electron chi connectivity index (χ4n) is 1.08. The minimum absolute atomic E-state index is 0.183. The molecule has 0 aliphatic rings. The first-order valence-electron chi connectivity index (χ1n) is 3.80. The van der Waals surface area contributed by atoms with Crippen molar-refractivity contribution in [1.82, 2.24) is 4.98 Å². The molecule has 0 saturated carbocycles. The van der Waals surface area contributed by atoms with Gasteiger partial charge >= 0.3 is 6.18 Å². The van der Waals surface area contributed by atoms with E-state index in [2.05, 4.69) is 0 Å². The molecular weight excluding hydrogens is 235 g/mol. The van der Waals surface area contributed by atoms with E-state index in [9.17, 15) is 26.7 Å². The van der Waals surface area contributed by atoms with Crippen molar-refractivity contribution < 1.29 is 22.0 Å². The van der Waals surface area contributed by atoms with Crippen LogP contribution in [-0.4, -0.2) is 4.98 Å². The van der Waals surface area contributed by atoms with Gasteiger partial charge in [-0.05, 0) is 6.07 Å². The van der Waals surface area contributed by atoms with E-state index >= 15 is 0 Å². The third-order valence-corrected chi connectivity index (χ3v) is 1.72. The molecule has 0 spiro atoms. The molecule has 8 heteroatoms. The number of nitrogens with zero attached hydrogens (tertiary/aromatic N) is 1. The highest BCUT2D eigenvalue weighted by atomic mass is 19.4. The van der Waals surface area contributed by atoms with Gasteiger partial charge in [0.2, 0.25) is 0 Å². The van der Waals surface area contributed by atoms with Gasteiger partial charge in [0.25, 0.3) is 12.0 Å². The van der Waals surface area contributed by atoms with Crippen LogP contribution in [0, 0.1) is 11.3 Å². The standard InChI is InChI=1S/C8H3F5N2O/c9-6(10)5-4(8(11,12)13)1-3(2-14)15-7(5)16/h1,6H,(H,15,16). The predicted molar refractivity (Wildman–Crippen MR) is 41.7 cm³/mol. The monoisotopic (exact) mass is 238 g/mol. The molecular formula is C8H3F5N2O. The maximum atomic E-state index is 12.3. The molecule has 16 heavy (non-hydrogen) atoms. The van der Waals surface area contributed by atoms with E-state index < -0.39 is 35.0 Å². The van der Waals surface area contributed by atoms with Crippen molar-refractivity contribution in [2.45, 2.75) is 12.6 Å². The van der Waals surface area contributed by atoms with Crippen molar-refractivity contribution in [3.63, 3.8) is 0 Å². The fraction of sp³-hybridized carbons (Fsp3) is 0.250. The second-order valence-corrected chi connectivity index (χ2v) is 2.75. The first kappa shape index (κ1) is 12.2. The lowest BCUT2D eigenvalue weighted by molar-refractivity contribution is -0.139. The van der Waals surface area contributed by atoms with Crippen LogP contribution < -0.4 is 5.56 Å². The molecule has 0 unspecified atom stereocenters. The van der Waals surface area contributed by atoms with Gasteiger partial charge in [-0.15, -0.1) is 0 Å². The van der Waals surface area contributed by atoms with E-state index in [1.165, 1.54) is 6.07 Å². The number of H-pyrrole nitrogens is 1. The molecule has 0 saturated heterocycles. The third kappa shape index (κ3) is 2.18. The lowest BCUT2D eigenvalue weighted by atomic mass is 10.1. The highest BCUT2D eigenvalue weighted by molar-refractivity contribution is 5.34. The molecule has 1 rings (SSSR count). The average molecular weight is 238 g/mol. The van der Waals surface area contributed by atoms with Crippen molar-refractivity contribution in [3.05, 3.63) is 33.2 Å². The topological polar surface area (TPSA) is 56.6 Å². The summed E-state index contributed by atoms with van der Waals surface area (Å²) in [4.78, 5) is 12.5. The van der Waals surface area contributed by atoms with Crippen LogP contribution in [0.25, 0.3) is 0 Å². The molecule has 0 aliphatic heterocycles. The molecule has 0 amide bonds. The number of aromatic amines is 1. The molecule has 3 nitrogen and oxygen atoms in total. The number of nitriles is 1. The lowest BCUT2D eigenvalue weighted by Crippen LogP contribution is -2.22. The summed E-state index contributed by atoms with van der Waals surface area (Å²) in [5.41, 5.74) is -5.79. The first-order chi connectivity index (χ1) is 7.27. The summed E-state index contributed by atoms with van der Waals surface area (Å²) in [6.45, 7) is 0. The largest absolute Gasteiger partial charge is 0.417 e. The second-order valence-electron chi connectivity index (χ2n) is 2.75. The fourth-order valence-corrected chi connectivity index (χ4v) is 1.08. The third-order valence-electron chi connectivity index (χ3n) is 1.72. The van der Waals surface area contributed by atoms with Gasteiger partial charge in [0.05, 0.1) is 11.1 Å². The number of pyridine rings is 1. The zero-order chi connectivity index (χ0) is 12.5. The Morgan fingerprint density at radius 1 is 1.38 bits per heavy atom. The van der Waals surface area contributed by atoms with E-state index in [-0.39, 0.29) is 6.07 Å². The Labute approximate surface area is 85.1 Å². The molecule has 0 bridgehead atoms. The molecule has 1 N–H and O–H groups in total. The van der Waals surface area contributed by atoms with Gasteiger partial charge in [0.15, 0.2) is 0 Å². The normalized spacial score (nSPS) is 11.6. The summed E-state index contributed by atoms with van der Waals surface area (Å²) >= 11 is 0. The highest BCUT2D eigenvalue weighted by Gasteiger charge is 2.37. The minimum atomic E-state index is -5.11. The maximum Gasteiger partial charge on any atom is 0.417 e. The van der Waals surface area contributed by atoms with Gasteiger partial charge in [-0.3, -0.25) is 4.79 Å². The molecule has 86 valence electrons. The summed E-state index contributed by atoms with van der Waals surface area (Å²) in [6, 6.07) is 1.43. The highest BCUT2D eigenvalue weighted by Crippen LogP contribution is 2.34. The quantitative estimate of drug-likeness (QED) is 0.762. The Morgan fingerprint density at radius 3 is 2.31 bits per heavy atom. The van der Waals surface area contributed by atoms with E-state index in [1.54, 1.807) is 4.98 Å². The van der Waals surface area contributed by atoms with Gasteiger partial charge < -0.3 is 4.98 Å². The molecule has 1 aromatic rings. The van der Waals surface area contributed by atoms with Crippen LogP contribution in [0.5, 0.6) is 0 Å². The lowest BCUT2D eigenvalue weighted by Gasteiger charge is -2.11. The van der Waals surface area contributed by atoms with Crippen molar-refractivity contribution in [3.8, 4) is 6.07 Å². The maximum absolute atomic E-state index is 12.3. The number of aromatic nitrogens is 1. The Balaban J connectivity index is 3.62. The molecule has 0 atom stereocenters. The summed E-state index contributed by atoms with van der Waals surface area (Å²) in [5, 5.41) is 8.31. The summed E-state index contributed by atoms with van der Waals surface area (Å²) < 4.78 is 61.4. The van der Waals surface area contributed by atoms with Crippen LogP contribution in [0.3, 0.4) is 0 Å². The van der Waals surface area contributed by atoms with Gasteiger partial charge in [0, 0.05) is 0 Å². The summed E-state index contributed by atoms with van der Waals surface area (Å²) in [7, 11) is 0. The van der Waals surface area contributed by atoms with Gasteiger partial charge in [-0.25, -0.2) is 8.78 Å². The number of hydrogen-bond acceptors (Lipinski definition) is 2. The zero-order valence-corrected chi connectivity index (χ0v) is 7.40. The zero-order valence-electron chi connectivity index (χ0n) is 7.40. The van der Waals surface area contributed by atoms with Crippen molar-refractivity contribution >= 4 is 0 Å². The molecule has 1 aromatic heterocycles. The number of halogens is 5. The minimum Gasteiger partial charge on any atom is -0.313 e. The average Bonchev–Trinajstić information content (AvgIpc) is 2.14.